The predicted octanol–water partition coefficient (Wildman–Crippen LogP) is 3.44. The molecule has 1 saturated heterocycles. The zero-order chi connectivity index (χ0) is 12.2. The number of rotatable bonds is 5. The highest BCUT2D eigenvalue weighted by atomic mass is 15.1. The van der Waals surface area contributed by atoms with Crippen molar-refractivity contribution in [2.24, 2.45) is 10.8 Å². The third-order valence-corrected chi connectivity index (χ3v) is 3.59. The standard InChI is InChI=1S/C14H26N2/c1-13(2,11-15)7-5-6-9-16-10-8-14(3,4)12-16/h5-10,12H2,1-4H3. The summed E-state index contributed by atoms with van der Waals surface area (Å²) in [6.07, 6.45) is 4.77. The van der Waals surface area contributed by atoms with E-state index in [2.05, 4.69) is 24.8 Å². The van der Waals surface area contributed by atoms with Gasteiger partial charge in [-0.05, 0) is 51.6 Å². The maximum Gasteiger partial charge on any atom is 0.0683 e. The summed E-state index contributed by atoms with van der Waals surface area (Å²) in [7, 11) is 0. The van der Waals surface area contributed by atoms with Gasteiger partial charge in [-0.1, -0.05) is 20.3 Å². The van der Waals surface area contributed by atoms with Crippen LogP contribution in [-0.2, 0) is 0 Å². The molecule has 0 N–H and O–H groups in total. The van der Waals surface area contributed by atoms with E-state index in [-0.39, 0.29) is 5.41 Å². The van der Waals surface area contributed by atoms with Gasteiger partial charge < -0.3 is 4.90 Å². The van der Waals surface area contributed by atoms with E-state index in [0.29, 0.717) is 5.41 Å². The van der Waals surface area contributed by atoms with Gasteiger partial charge in [-0.3, -0.25) is 0 Å². The molecule has 0 aromatic rings. The molecule has 1 rings (SSSR count). The maximum atomic E-state index is 8.91. The van der Waals surface area contributed by atoms with Gasteiger partial charge in [0.2, 0.25) is 0 Å². The number of nitrogens with zero attached hydrogens (tertiary/aromatic N) is 2. The molecule has 0 radical (unpaired) electrons. The van der Waals surface area contributed by atoms with E-state index in [1.54, 1.807) is 0 Å². The fourth-order valence-corrected chi connectivity index (χ4v) is 2.37. The van der Waals surface area contributed by atoms with E-state index < -0.39 is 0 Å². The molecule has 1 heterocycles. The van der Waals surface area contributed by atoms with Gasteiger partial charge in [-0.25, -0.2) is 0 Å². The highest BCUT2D eigenvalue weighted by molar-refractivity contribution is 4.91. The third kappa shape index (κ3) is 4.53. The molecule has 2 nitrogen and oxygen atoms in total. The minimum absolute atomic E-state index is 0.135. The summed E-state index contributed by atoms with van der Waals surface area (Å²) in [5.74, 6) is 0. The Morgan fingerprint density at radius 1 is 1.31 bits per heavy atom. The van der Waals surface area contributed by atoms with Crippen molar-refractivity contribution in [3.05, 3.63) is 0 Å². The number of likely N-dealkylation sites (tertiary alicyclic amines) is 1. The van der Waals surface area contributed by atoms with Crippen LogP contribution in [0.3, 0.4) is 0 Å². The summed E-state index contributed by atoms with van der Waals surface area (Å²) >= 11 is 0. The Balaban J connectivity index is 2.12. The summed E-state index contributed by atoms with van der Waals surface area (Å²) < 4.78 is 0. The molecule has 92 valence electrons. The zero-order valence-electron chi connectivity index (χ0n) is 11.3. The molecular weight excluding hydrogens is 196 g/mol. The van der Waals surface area contributed by atoms with Crippen LogP contribution in [0.25, 0.3) is 0 Å². The van der Waals surface area contributed by atoms with Crippen molar-refractivity contribution in [1.29, 1.82) is 5.26 Å². The minimum atomic E-state index is -0.135. The molecule has 0 spiro atoms. The molecule has 1 aliphatic rings. The van der Waals surface area contributed by atoms with Crippen molar-refractivity contribution < 1.29 is 0 Å². The summed E-state index contributed by atoms with van der Waals surface area (Å²) in [6, 6.07) is 2.37. The molecule has 0 aliphatic carbocycles. The van der Waals surface area contributed by atoms with E-state index in [0.717, 1.165) is 6.42 Å². The minimum Gasteiger partial charge on any atom is -0.303 e. The molecule has 2 heteroatoms. The van der Waals surface area contributed by atoms with Gasteiger partial charge in [0.25, 0.3) is 0 Å². The zero-order valence-corrected chi connectivity index (χ0v) is 11.3. The van der Waals surface area contributed by atoms with Crippen molar-refractivity contribution in [2.45, 2.75) is 53.4 Å². The first-order chi connectivity index (χ1) is 7.35. The van der Waals surface area contributed by atoms with Crippen molar-refractivity contribution in [3.63, 3.8) is 0 Å². The Morgan fingerprint density at radius 2 is 2.00 bits per heavy atom. The molecule has 16 heavy (non-hydrogen) atoms. The predicted molar refractivity (Wildman–Crippen MR) is 68.1 cm³/mol. The van der Waals surface area contributed by atoms with Gasteiger partial charge in [0, 0.05) is 6.54 Å². The summed E-state index contributed by atoms with van der Waals surface area (Å²) in [4.78, 5) is 2.57. The Hall–Kier alpha value is -0.550. The normalized spacial score (nSPS) is 20.9. The van der Waals surface area contributed by atoms with Crippen LogP contribution in [0.1, 0.15) is 53.4 Å². The van der Waals surface area contributed by atoms with E-state index in [4.69, 9.17) is 5.26 Å². The topological polar surface area (TPSA) is 27.0 Å². The van der Waals surface area contributed by atoms with Gasteiger partial charge >= 0.3 is 0 Å². The molecule has 0 amide bonds. The molecule has 0 unspecified atom stereocenters. The van der Waals surface area contributed by atoms with Crippen LogP contribution < -0.4 is 0 Å². The number of hydrogen-bond donors (Lipinski definition) is 0. The average Bonchev–Trinajstić information content (AvgIpc) is 2.53. The number of unbranched alkanes of at least 4 members (excludes halogenated alkanes) is 1. The lowest BCUT2D eigenvalue weighted by atomic mass is 9.89. The van der Waals surface area contributed by atoms with Crippen LogP contribution in [0.15, 0.2) is 0 Å². The van der Waals surface area contributed by atoms with Crippen LogP contribution in [0.5, 0.6) is 0 Å². The van der Waals surface area contributed by atoms with E-state index in [9.17, 15) is 0 Å². The van der Waals surface area contributed by atoms with Crippen molar-refractivity contribution in [2.75, 3.05) is 19.6 Å². The van der Waals surface area contributed by atoms with Crippen LogP contribution >= 0.6 is 0 Å². The second-order valence-electron chi connectivity index (χ2n) is 6.64. The Morgan fingerprint density at radius 3 is 2.50 bits per heavy atom. The van der Waals surface area contributed by atoms with E-state index >= 15 is 0 Å². The second-order valence-corrected chi connectivity index (χ2v) is 6.64. The van der Waals surface area contributed by atoms with Gasteiger partial charge in [0.1, 0.15) is 0 Å². The van der Waals surface area contributed by atoms with Gasteiger partial charge in [0.05, 0.1) is 11.5 Å². The van der Waals surface area contributed by atoms with Crippen LogP contribution in [0, 0.1) is 22.2 Å². The van der Waals surface area contributed by atoms with Crippen molar-refractivity contribution >= 4 is 0 Å². The Bertz CT molecular complexity index is 260. The summed E-state index contributed by atoms with van der Waals surface area (Å²) in [5.41, 5.74) is 0.385. The molecule has 0 saturated carbocycles. The monoisotopic (exact) mass is 222 g/mol. The molecule has 0 aromatic heterocycles. The summed E-state index contributed by atoms with van der Waals surface area (Å²) in [5, 5.41) is 8.91. The molecule has 0 bridgehead atoms. The van der Waals surface area contributed by atoms with Crippen LogP contribution in [0.2, 0.25) is 0 Å². The smallest absolute Gasteiger partial charge is 0.0683 e. The lowest BCUT2D eigenvalue weighted by Gasteiger charge is -2.20. The number of hydrogen-bond acceptors (Lipinski definition) is 2. The first-order valence-corrected chi connectivity index (χ1v) is 6.48. The third-order valence-electron chi connectivity index (χ3n) is 3.59. The first-order valence-electron chi connectivity index (χ1n) is 6.48. The quantitative estimate of drug-likeness (QED) is 0.666. The molecule has 1 aliphatic heterocycles. The largest absolute Gasteiger partial charge is 0.303 e. The molecular formula is C14H26N2. The lowest BCUT2D eigenvalue weighted by Crippen LogP contribution is -2.24. The van der Waals surface area contributed by atoms with Crippen LogP contribution in [0.4, 0.5) is 0 Å². The van der Waals surface area contributed by atoms with E-state index in [1.807, 2.05) is 13.8 Å². The van der Waals surface area contributed by atoms with Crippen molar-refractivity contribution in [3.8, 4) is 6.07 Å². The number of nitriles is 1. The fraction of sp³-hybridized carbons (Fsp3) is 0.929. The SMILES string of the molecule is CC(C)(C#N)CCCCN1CCC(C)(C)C1. The van der Waals surface area contributed by atoms with Gasteiger partial charge in [-0.15, -0.1) is 0 Å². The Labute approximate surface area is 101 Å². The van der Waals surface area contributed by atoms with Gasteiger partial charge in [-0.2, -0.15) is 5.26 Å². The molecule has 0 aromatic carbocycles. The lowest BCUT2D eigenvalue weighted by molar-refractivity contribution is 0.279. The van der Waals surface area contributed by atoms with Crippen molar-refractivity contribution in [1.82, 2.24) is 4.90 Å². The molecule has 1 fully saturated rings. The fourth-order valence-electron chi connectivity index (χ4n) is 2.37. The highest BCUT2D eigenvalue weighted by Crippen LogP contribution is 2.29. The van der Waals surface area contributed by atoms with Gasteiger partial charge in [0.15, 0.2) is 0 Å². The summed E-state index contributed by atoms with van der Waals surface area (Å²) in [6.45, 7) is 12.5. The maximum absolute atomic E-state index is 8.91. The molecule has 0 atom stereocenters. The van der Waals surface area contributed by atoms with E-state index in [1.165, 1.54) is 38.9 Å². The average molecular weight is 222 g/mol. The highest BCUT2D eigenvalue weighted by Gasteiger charge is 2.28. The first kappa shape index (κ1) is 13.5. The second kappa shape index (κ2) is 5.19. The van der Waals surface area contributed by atoms with Crippen LogP contribution in [-0.4, -0.2) is 24.5 Å². The Kier molecular flexibility index (Phi) is 4.38.